The van der Waals surface area contributed by atoms with Crippen LogP contribution in [0.25, 0.3) is 33.5 Å². The Kier molecular flexibility index (Phi) is 5.04. The molecule has 6 heteroatoms. The van der Waals surface area contributed by atoms with Gasteiger partial charge in [-0.05, 0) is 43.0 Å². The number of pyridine rings is 1. The number of nitrogens with zero attached hydrogens (tertiary/aromatic N) is 4. The molecule has 5 nitrogen and oxygen atoms in total. The number of aromatic nitrogens is 3. The summed E-state index contributed by atoms with van der Waals surface area (Å²) in [5, 5.41) is 10.6. The van der Waals surface area contributed by atoms with Crippen LogP contribution in [0.1, 0.15) is 31.5 Å². The molecule has 176 valence electrons. The second-order valence-electron chi connectivity index (χ2n) is 9.83. The van der Waals surface area contributed by atoms with Crippen molar-refractivity contribution in [3.8, 4) is 28.7 Å². The van der Waals surface area contributed by atoms with Gasteiger partial charge in [-0.15, -0.1) is 0 Å². The van der Waals surface area contributed by atoms with Gasteiger partial charge in [-0.1, -0.05) is 50.3 Å². The van der Waals surface area contributed by atoms with Crippen molar-refractivity contribution in [1.29, 1.82) is 5.26 Å². The molecule has 0 spiro atoms. The maximum absolute atomic E-state index is 15.1. The number of rotatable bonds is 2. The van der Waals surface area contributed by atoms with Crippen LogP contribution in [0.2, 0.25) is 0 Å². The fraction of sp³-hybridized carbons (Fsp3) is 0.233. The first-order valence-electron chi connectivity index (χ1n) is 12.1. The molecule has 6 rings (SSSR count). The van der Waals surface area contributed by atoms with Gasteiger partial charge < -0.3 is 0 Å². The highest BCUT2D eigenvalue weighted by atomic mass is 19.1. The van der Waals surface area contributed by atoms with Crippen molar-refractivity contribution < 1.29 is 9.18 Å². The summed E-state index contributed by atoms with van der Waals surface area (Å²) in [7, 11) is 0. The number of ketones is 1. The van der Waals surface area contributed by atoms with E-state index in [1.165, 1.54) is 6.07 Å². The van der Waals surface area contributed by atoms with Gasteiger partial charge in [-0.2, -0.15) is 5.26 Å². The number of benzene rings is 2. The first-order valence-corrected chi connectivity index (χ1v) is 12.1. The van der Waals surface area contributed by atoms with Gasteiger partial charge in [0.2, 0.25) is 0 Å². The van der Waals surface area contributed by atoms with Gasteiger partial charge in [0.05, 0.1) is 22.5 Å². The number of para-hydroxylation sites is 1. The maximum Gasteiger partial charge on any atom is 0.176 e. The Morgan fingerprint density at radius 1 is 1.06 bits per heavy atom. The van der Waals surface area contributed by atoms with E-state index in [1.807, 2.05) is 44.2 Å². The topological polar surface area (TPSA) is 79.5 Å². The molecule has 0 amide bonds. The number of allylic oxidation sites excluding steroid dienone is 2. The van der Waals surface area contributed by atoms with Crippen LogP contribution >= 0.6 is 0 Å². The molecule has 2 aliphatic carbocycles. The number of nitriles is 1. The van der Waals surface area contributed by atoms with Crippen molar-refractivity contribution >= 4 is 16.7 Å². The minimum Gasteiger partial charge on any atom is -0.293 e. The van der Waals surface area contributed by atoms with Crippen LogP contribution in [-0.4, -0.2) is 20.7 Å². The first-order chi connectivity index (χ1) is 17.4. The summed E-state index contributed by atoms with van der Waals surface area (Å²) >= 11 is 0. The number of fused-ring (bicyclic) bond motifs is 4. The van der Waals surface area contributed by atoms with E-state index in [1.54, 1.807) is 30.5 Å². The molecule has 0 radical (unpaired) electrons. The lowest BCUT2D eigenvalue weighted by atomic mass is 9.57. The molecule has 0 unspecified atom stereocenters. The summed E-state index contributed by atoms with van der Waals surface area (Å²) in [6.07, 6.45) is 4.87. The molecule has 2 aromatic heterocycles. The van der Waals surface area contributed by atoms with Crippen molar-refractivity contribution in [2.45, 2.75) is 32.1 Å². The highest BCUT2D eigenvalue weighted by Crippen LogP contribution is 2.51. The lowest BCUT2D eigenvalue weighted by Crippen LogP contribution is -2.46. The van der Waals surface area contributed by atoms with E-state index in [-0.39, 0.29) is 29.0 Å². The monoisotopic (exact) mass is 474 g/mol. The molecule has 4 aromatic rings. The number of Topliss-reactive ketones (excluding diaryl/α,β-unsaturated/α-hetero) is 1. The Bertz CT molecular complexity index is 1630. The Balaban J connectivity index is 1.70. The van der Waals surface area contributed by atoms with Crippen LogP contribution in [0.15, 0.2) is 72.4 Å². The molecule has 0 saturated carbocycles. The Labute approximate surface area is 208 Å². The van der Waals surface area contributed by atoms with E-state index in [2.05, 4.69) is 11.1 Å². The van der Waals surface area contributed by atoms with Gasteiger partial charge in [-0.25, -0.2) is 14.4 Å². The van der Waals surface area contributed by atoms with Gasteiger partial charge in [0.1, 0.15) is 11.9 Å². The molecule has 2 aromatic carbocycles. The summed E-state index contributed by atoms with van der Waals surface area (Å²) in [4.78, 5) is 27.4. The van der Waals surface area contributed by atoms with E-state index in [0.29, 0.717) is 23.5 Å². The second-order valence-corrected chi connectivity index (χ2v) is 9.83. The average molecular weight is 475 g/mol. The highest BCUT2D eigenvalue weighted by molar-refractivity contribution is 6.02. The number of hydrogen-bond acceptors (Lipinski definition) is 5. The van der Waals surface area contributed by atoms with Gasteiger partial charge in [0, 0.05) is 39.6 Å². The minimum atomic E-state index is -0.660. The second kappa shape index (κ2) is 8.17. The Hall–Kier alpha value is -4.24. The molecule has 2 heterocycles. The number of halogens is 1. The average Bonchev–Trinajstić information content (AvgIpc) is 2.90. The molecule has 0 aliphatic heterocycles. The lowest BCUT2D eigenvalue weighted by Gasteiger charge is -2.45. The fourth-order valence-electron chi connectivity index (χ4n) is 6.06. The third-order valence-corrected chi connectivity index (χ3v) is 7.86. The normalized spacial score (nSPS) is 22.9. The summed E-state index contributed by atoms with van der Waals surface area (Å²) < 4.78 is 15.1. The summed E-state index contributed by atoms with van der Waals surface area (Å²) in [6.45, 7) is 3.94. The zero-order valence-corrected chi connectivity index (χ0v) is 20.0. The smallest absolute Gasteiger partial charge is 0.176 e. The third-order valence-electron chi connectivity index (χ3n) is 7.86. The predicted molar refractivity (Wildman–Crippen MR) is 135 cm³/mol. The Morgan fingerprint density at radius 2 is 1.83 bits per heavy atom. The van der Waals surface area contributed by atoms with Crippen molar-refractivity contribution in [2.75, 3.05) is 0 Å². The standard InChI is InChI=1S/C30H23FN4O/c1-17-23-12-11-22-26(21-8-3-5-9-24(21)31)34-29(20-13-14-33-25-10-6-4-7-19(20)25)35-28(22)30(23,2)15-18(16-32)27(17)36/h3-10,13-15,17,23H,11-12H2,1-2H3/t17-,23-,30+/m0/s1. The number of carbonyl (C=O) groups is 1. The highest BCUT2D eigenvalue weighted by Gasteiger charge is 2.49. The van der Waals surface area contributed by atoms with Crippen molar-refractivity contribution in [1.82, 2.24) is 15.0 Å². The van der Waals surface area contributed by atoms with E-state index >= 15 is 4.39 Å². The molecule has 3 atom stereocenters. The molecular formula is C30H23FN4O. The third kappa shape index (κ3) is 3.20. The molecule has 36 heavy (non-hydrogen) atoms. The first kappa shape index (κ1) is 22.2. The summed E-state index contributed by atoms with van der Waals surface area (Å²) in [5.41, 5.74) is 3.73. The van der Waals surface area contributed by atoms with Crippen LogP contribution < -0.4 is 0 Å². The molecule has 0 fully saturated rings. The van der Waals surface area contributed by atoms with Gasteiger partial charge in [0.25, 0.3) is 0 Å². The summed E-state index contributed by atoms with van der Waals surface area (Å²) in [5.74, 6) is -0.312. The number of carbonyl (C=O) groups excluding carboxylic acids is 1. The number of hydrogen-bond donors (Lipinski definition) is 0. The van der Waals surface area contributed by atoms with E-state index in [9.17, 15) is 10.1 Å². The zero-order valence-electron chi connectivity index (χ0n) is 20.0. The van der Waals surface area contributed by atoms with Gasteiger partial charge >= 0.3 is 0 Å². The van der Waals surface area contributed by atoms with Crippen LogP contribution in [0.4, 0.5) is 4.39 Å². The van der Waals surface area contributed by atoms with Gasteiger partial charge in [0.15, 0.2) is 11.6 Å². The van der Waals surface area contributed by atoms with Crippen LogP contribution in [0.3, 0.4) is 0 Å². The SMILES string of the molecule is C[C@@H]1C(=O)C(C#N)=C[C@@]2(C)c3nc(-c4ccnc5ccccc45)nc(-c4ccccc4F)c3CC[C@@H]12. The summed E-state index contributed by atoms with van der Waals surface area (Å²) in [6, 6.07) is 18.4. The maximum atomic E-state index is 15.1. The quantitative estimate of drug-likeness (QED) is 0.357. The predicted octanol–water partition coefficient (Wildman–Crippen LogP) is 5.99. The van der Waals surface area contributed by atoms with Crippen molar-refractivity contribution in [3.63, 3.8) is 0 Å². The van der Waals surface area contributed by atoms with Crippen LogP contribution in [0, 0.1) is 29.0 Å². The minimum absolute atomic E-state index is 0.0139. The molecule has 0 N–H and O–H groups in total. The fourth-order valence-corrected chi connectivity index (χ4v) is 6.06. The lowest BCUT2D eigenvalue weighted by molar-refractivity contribution is -0.121. The van der Waals surface area contributed by atoms with Crippen molar-refractivity contribution in [2.24, 2.45) is 11.8 Å². The van der Waals surface area contributed by atoms with Crippen molar-refractivity contribution in [3.05, 3.63) is 89.5 Å². The van der Waals surface area contributed by atoms with E-state index in [4.69, 9.17) is 9.97 Å². The zero-order chi connectivity index (χ0) is 25.0. The largest absolute Gasteiger partial charge is 0.293 e. The molecule has 2 aliphatic rings. The molecule has 0 bridgehead atoms. The molecule has 0 saturated heterocycles. The van der Waals surface area contributed by atoms with E-state index in [0.717, 1.165) is 34.1 Å². The molecular weight excluding hydrogens is 451 g/mol. The Morgan fingerprint density at radius 3 is 2.64 bits per heavy atom. The van der Waals surface area contributed by atoms with Crippen LogP contribution in [-0.2, 0) is 16.6 Å². The van der Waals surface area contributed by atoms with Gasteiger partial charge in [-0.3, -0.25) is 9.78 Å². The van der Waals surface area contributed by atoms with E-state index < -0.39 is 5.41 Å². The van der Waals surface area contributed by atoms with Crippen LogP contribution in [0.5, 0.6) is 0 Å².